The largest absolute Gasteiger partial charge is 0.353 e. The van der Waals surface area contributed by atoms with E-state index in [4.69, 9.17) is 0 Å². The molecule has 2 aromatic rings. The predicted molar refractivity (Wildman–Crippen MR) is 125 cm³/mol. The predicted octanol–water partition coefficient (Wildman–Crippen LogP) is 4.37. The van der Waals surface area contributed by atoms with Gasteiger partial charge in [0, 0.05) is 30.8 Å². The van der Waals surface area contributed by atoms with Crippen molar-refractivity contribution in [1.82, 2.24) is 14.9 Å². The maximum Gasteiger partial charge on any atom is 0.257 e. The van der Waals surface area contributed by atoms with Crippen LogP contribution in [0, 0.1) is 6.92 Å². The van der Waals surface area contributed by atoms with Gasteiger partial charge < -0.3 is 5.32 Å². The smallest absolute Gasteiger partial charge is 0.257 e. The van der Waals surface area contributed by atoms with Gasteiger partial charge in [-0.3, -0.25) is 14.2 Å². The number of carbonyl (C=O) groups is 1. The topological polar surface area (TPSA) is 64.0 Å². The van der Waals surface area contributed by atoms with Crippen LogP contribution in [-0.2, 0) is 23.7 Å². The molecule has 0 aliphatic rings. The average Bonchev–Trinajstić information content (AvgIpc) is 2.66. The summed E-state index contributed by atoms with van der Waals surface area (Å²) in [5, 5.41) is 3.25. The number of nitrogens with one attached hydrogen (secondary N) is 1. The van der Waals surface area contributed by atoms with Crippen molar-refractivity contribution in [3.63, 3.8) is 0 Å². The quantitative estimate of drug-likeness (QED) is 0.524. The summed E-state index contributed by atoms with van der Waals surface area (Å²) in [4.78, 5) is 30.2. The van der Waals surface area contributed by atoms with E-state index in [9.17, 15) is 9.59 Å². The van der Waals surface area contributed by atoms with Crippen LogP contribution in [0.25, 0.3) is 0 Å². The molecule has 0 saturated heterocycles. The summed E-state index contributed by atoms with van der Waals surface area (Å²) in [6.07, 6.45) is 1.21. The van der Waals surface area contributed by atoms with Crippen LogP contribution in [0.15, 0.2) is 34.2 Å². The van der Waals surface area contributed by atoms with Gasteiger partial charge in [0.25, 0.3) is 5.56 Å². The zero-order valence-electron chi connectivity index (χ0n) is 19.5. The van der Waals surface area contributed by atoms with Crippen LogP contribution in [0.5, 0.6) is 0 Å². The minimum atomic E-state index is -0.277. The Hall–Kier alpha value is -2.08. The SMILES string of the molecule is CCC(Sc1nc(C)c(Cc2ccc(C(C)(C)C)cc2)c(=O)n1C)C(=O)NC(C)C. The highest BCUT2D eigenvalue weighted by Crippen LogP contribution is 2.25. The van der Waals surface area contributed by atoms with Crippen molar-refractivity contribution in [1.29, 1.82) is 0 Å². The maximum absolute atomic E-state index is 13.1. The average molecular weight is 430 g/mol. The number of aromatic nitrogens is 2. The minimum absolute atomic E-state index is 0.0209. The summed E-state index contributed by atoms with van der Waals surface area (Å²) in [6, 6.07) is 8.52. The Morgan fingerprint density at radius 3 is 2.30 bits per heavy atom. The first-order chi connectivity index (χ1) is 13.9. The first-order valence-electron chi connectivity index (χ1n) is 10.6. The summed E-state index contributed by atoms with van der Waals surface area (Å²) >= 11 is 1.35. The summed E-state index contributed by atoms with van der Waals surface area (Å²) in [5.41, 5.74) is 3.83. The monoisotopic (exact) mass is 429 g/mol. The molecule has 1 aromatic carbocycles. The lowest BCUT2D eigenvalue weighted by Crippen LogP contribution is -2.37. The fourth-order valence-corrected chi connectivity index (χ4v) is 4.22. The Kier molecular flexibility index (Phi) is 7.92. The molecule has 6 heteroatoms. The standard InChI is InChI=1S/C24H35N3O2S/c1-9-20(21(28)25-15(2)3)30-23-26-16(4)19(22(29)27(23)8)14-17-10-12-18(13-11-17)24(5,6)7/h10-13,15,20H,9,14H2,1-8H3,(H,25,28). The van der Waals surface area contributed by atoms with E-state index < -0.39 is 0 Å². The van der Waals surface area contributed by atoms with Crippen molar-refractivity contribution in [3.05, 3.63) is 57.0 Å². The fourth-order valence-electron chi connectivity index (χ4n) is 3.19. The molecule has 164 valence electrons. The highest BCUT2D eigenvalue weighted by atomic mass is 32.2. The molecule has 1 atom stereocenters. The van der Waals surface area contributed by atoms with Gasteiger partial charge in [0.15, 0.2) is 5.16 Å². The molecule has 0 saturated carbocycles. The molecule has 0 fully saturated rings. The molecule has 1 heterocycles. The second-order valence-electron chi connectivity index (χ2n) is 9.12. The Labute approximate surface area is 184 Å². The van der Waals surface area contributed by atoms with E-state index in [1.165, 1.54) is 17.3 Å². The molecule has 0 radical (unpaired) electrons. The van der Waals surface area contributed by atoms with E-state index >= 15 is 0 Å². The van der Waals surface area contributed by atoms with Crippen LogP contribution in [-0.4, -0.2) is 26.8 Å². The summed E-state index contributed by atoms with van der Waals surface area (Å²) in [7, 11) is 1.73. The van der Waals surface area contributed by atoms with Gasteiger partial charge in [-0.05, 0) is 43.7 Å². The molecule has 2 rings (SSSR count). The highest BCUT2D eigenvalue weighted by molar-refractivity contribution is 8.00. The van der Waals surface area contributed by atoms with Gasteiger partial charge in [-0.15, -0.1) is 0 Å². The molecule has 1 aromatic heterocycles. The first-order valence-corrected chi connectivity index (χ1v) is 11.4. The van der Waals surface area contributed by atoms with E-state index in [-0.39, 0.29) is 28.2 Å². The van der Waals surface area contributed by atoms with Crippen LogP contribution in [0.3, 0.4) is 0 Å². The highest BCUT2D eigenvalue weighted by Gasteiger charge is 2.22. The second-order valence-corrected chi connectivity index (χ2v) is 10.3. The molecule has 0 bridgehead atoms. The van der Waals surface area contributed by atoms with Crippen molar-refractivity contribution < 1.29 is 4.79 Å². The number of thioether (sulfide) groups is 1. The minimum Gasteiger partial charge on any atom is -0.353 e. The fraction of sp³-hybridized carbons (Fsp3) is 0.542. The molecule has 5 nitrogen and oxygen atoms in total. The Bertz CT molecular complexity index is 941. The molecule has 1 unspecified atom stereocenters. The lowest BCUT2D eigenvalue weighted by atomic mass is 9.86. The Morgan fingerprint density at radius 1 is 1.20 bits per heavy atom. The van der Waals surface area contributed by atoms with Crippen LogP contribution < -0.4 is 10.9 Å². The summed E-state index contributed by atoms with van der Waals surface area (Å²) in [5.74, 6) is -0.0209. The van der Waals surface area contributed by atoms with E-state index in [0.29, 0.717) is 23.6 Å². The van der Waals surface area contributed by atoms with Gasteiger partial charge in [0.1, 0.15) is 0 Å². The van der Waals surface area contributed by atoms with Crippen LogP contribution >= 0.6 is 11.8 Å². The normalized spacial score (nSPS) is 12.8. The first kappa shape index (κ1) is 24.2. The number of hydrogen-bond donors (Lipinski definition) is 1. The maximum atomic E-state index is 13.1. The van der Waals surface area contributed by atoms with Gasteiger partial charge in [-0.2, -0.15) is 0 Å². The molecule has 0 aliphatic heterocycles. The number of benzene rings is 1. The van der Waals surface area contributed by atoms with Crippen molar-refractivity contribution in [2.45, 2.75) is 83.2 Å². The number of amides is 1. The third-order valence-corrected chi connectivity index (χ3v) is 6.50. The van der Waals surface area contributed by atoms with Gasteiger partial charge in [0.2, 0.25) is 5.91 Å². The Balaban J connectivity index is 2.28. The molecular formula is C24H35N3O2S. The van der Waals surface area contributed by atoms with Crippen LogP contribution in [0.2, 0.25) is 0 Å². The number of rotatable bonds is 7. The molecule has 0 aliphatic carbocycles. The van der Waals surface area contributed by atoms with Crippen molar-refractivity contribution >= 4 is 17.7 Å². The Morgan fingerprint density at radius 2 is 1.80 bits per heavy atom. The molecule has 1 amide bonds. The third kappa shape index (κ3) is 5.97. The zero-order chi connectivity index (χ0) is 22.6. The second kappa shape index (κ2) is 9.82. The molecule has 0 spiro atoms. The van der Waals surface area contributed by atoms with E-state index in [1.54, 1.807) is 11.6 Å². The van der Waals surface area contributed by atoms with Crippen molar-refractivity contribution in [2.24, 2.45) is 7.05 Å². The van der Waals surface area contributed by atoms with Crippen molar-refractivity contribution in [3.8, 4) is 0 Å². The molecule has 1 N–H and O–H groups in total. The van der Waals surface area contributed by atoms with Gasteiger partial charge in [-0.1, -0.05) is 63.7 Å². The lowest BCUT2D eigenvalue weighted by molar-refractivity contribution is -0.121. The lowest BCUT2D eigenvalue weighted by Gasteiger charge is -2.19. The third-order valence-electron chi connectivity index (χ3n) is 5.09. The van der Waals surface area contributed by atoms with Gasteiger partial charge >= 0.3 is 0 Å². The van der Waals surface area contributed by atoms with Gasteiger partial charge in [-0.25, -0.2) is 4.98 Å². The molecule has 30 heavy (non-hydrogen) atoms. The summed E-state index contributed by atoms with van der Waals surface area (Å²) in [6.45, 7) is 14.3. The number of nitrogens with zero attached hydrogens (tertiary/aromatic N) is 2. The number of hydrogen-bond acceptors (Lipinski definition) is 4. The van der Waals surface area contributed by atoms with E-state index in [0.717, 1.165) is 11.3 Å². The van der Waals surface area contributed by atoms with Crippen LogP contribution in [0.1, 0.15) is 70.3 Å². The number of carbonyl (C=O) groups excluding carboxylic acids is 1. The van der Waals surface area contributed by atoms with Crippen molar-refractivity contribution in [2.75, 3.05) is 0 Å². The van der Waals surface area contributed by atoms with Crippen LogP contribution in [0.4, 0.5) is 0 Å². The van der Waals surface area contributed by atoms with E-state index in [1.807, 2.05) is 27.7 Å². The van der Waals surface area contributed by atoms with Gasteiger partial charge in [0.05, 0.1) is 5.25 Å². The van der Waals surface area contributed by atoms with E-state index in [2.05, 4.69) is 55.3 Å². The zero-order valence-corrected chi connectivity index (χ0v) is 20.3. The molecular weight excluding hydrogens is 394 g/mol. The summed E-state index contributed by atoms with van der Waals surface area (Å²) < 4.78 is 1.57. The number of aryl methyl sites for hydroxylation is 1.